The smallest absolute Gasteiger partial charge is 0.240 e. The Labute approximate surface area is 102 Å². The van der Waals surface area contributed by atoms with Crippen LogP contribution in [0.3, 0.4) is 0 Å². The SMILES string of the molecule is CCNC1CCCN(C2C=CS(=O)(=O)C2)C1=O. The first kappa shape index (κ1) is 12.6. The largest absolute Gasteiger partial charge is 0.334 e. The van der Waals surface area contributed by atoms with Crippen molar-refractivity contribution >= 4 is 15.7 Å². The minimum atomic E-state index is -3.09. The van der Waals surface area contributed by atoms with E-state index >= 15 is 0 Å². The summed E-state index contributed by atoms with van der Waals surface area (Å²) in [5.74, 6) is 0.0715. The molecule has 0 saturated carbocycles. The molecule has 0 aromatic heterocycles. The number of sulfone groups is 1. The molecule has 2 aliphatic heterocycles. The van der Waals surface area contributed by atoms with E-state index in [2.05, 4.69) is 5.32 Å². The van der Waals surface area contributed by atoms with Crippen LogP contribution in [-0.2, 0) is 14.6 Å². The van der Waals surface area contributed by atoms with Crippen molar-refractivity contribution < 1.29 is 13.2 Å². The summed E-state index contributed by atoms with van der Waals surface area (Å²) in [4.78, 5) is 13.8. The summed E-state index contributed by atoms with van der Waals surface area (Å²) in [6.45, 7) is 3.38. The number of amides is 1. The third kappa shape index (κ3) is 2.69. The zero-order chi connectivity index (χ0) is 12.5. The third-order valence-electron chi connectivity index (χ3n) is 3.23. The predicted octanol–water partition coefficient (Wildman–Crippen LogP) is -0.102. The Morgan fingerprint density at radius 2 is 2.29 bits per heavy atom. The minimum absolute atomic E-state index is 0.0323. The fourth-order valence-electron chi connectivity index (χ4n) is 2.42. The van der Waals surface area contributed by atoms with Gasteiger partial charge in [-0.1, -0.05) is 6.92 Å². The molecule has 1 fully saturated rings. The first-order chi connectivity index (χ1) is 8.03. The molecular formula is C11H18N2O3S. The zero-order valence-electron chi connectivity index (χ0n) is 9.93. The number of nitrogens with zero attached hydrogens (tertiary/aromatic N) is 1. The highest BCUT2D eigenvalue weighted by molar-refractivity contribution is 7.94. The molecule has 2 unspecified atom stereocenters. The first-order valence-corrected chi connectivity index (χ1v) is 7.70. The van der Waals surface area contributed by atoms with E-state index in [4.69, 9.17) is 0 Å². The second-order valence-electron chi connectivity index (χ2n) is 4.51. The number of hydrogen-bond acceptors (Lipinski definition) is 4. The lowest BCUT2D eigenvalue weighted by Gasteiger charge is -2.35. The van der Waals surface area contributed by atoms with E-state index in [0.29, 0.717) is 6.54 Å². The first-order valence-electron chi connectivity index (χ1n) is 5.98. The number of likely N-dealkylation sites (N-methyl/N-ethyl adjacent to an activating group) is 1. The molecule has 2 aliphatic rings. The summed E-state index contributed by atoms with van der Waals surface area (Å²) in [7, 11) is -3.09. The van der Waals surface area contributed by atoms with Gasteiger partial charge in [-0.3, -0.25) is 4.79 Å². The quantitative estimate of drug-likeness (QED) is 0.767. The van der Waals surface area contributed by atoms with Crippen molar-refractivity contribution in [3.05, 3.63) is 11.5 Å². The number of rotatable bonds is 3. The van der Waals surface area contributed by atoms with Crippen molar-refractivity contribution in [2.75, 3.05) is 18.8 Å². The number of carbonyl (C=O) groups is 1. The lowest BCUT2D eigenvalue weighted by Crippen LogP contribution is -2.54. The van der Waals surface area contributed by atoms with E-state index in [1.807, 2.05) is 6.92 Å². The van der Waals surface area contributed by atoms with Crippen LogP contribution >= 0.6 is 0 Å². The summed E-state index contributed by atoms with van der Waals surface area (Å²) in [6, 6.07) is -0.417. The van der Waals surface area contributed by atoms with Gasteiger partial charge in [0.2, 0.25) is 5.91 Å². The standard InChI is InChI=1S/C11H18N2O3S/c1-2-12-10-4-3-6-13(11(10)14)9-5-7-17(15,16)8-9/h5,7,9-10,12H,2-4,6,8H2,1H3. The van der Waals surface area contributed by atoms with Crippen LogP contribution < -0.4 is 5.32 Å². The average Bonchev–Trinajstić information content (AvgIpc) is 2.62. The molecule has 0 aromatic carbocycles. The van der Waals surface area contributed by atoms with Gasteiger partial charge in [0.05, 0.1) is 17.8 Å². The van der Waals surface area contributed by atoms with Crippen LogP contribution in [0.2, 0.25) is 0 Å². The van der Waals surface area contributed by atoms with E-state index < -0.39 is 9.84 Å². The van der Waals surface area contributed by atoms with Crippen LogP contribution in [-0.4, -0.2) is 50.2 Å². The fraction of sp³-hybridized carbons (Fsp3) is 0.727. The Morgan fingerprint density at radius 3 is 2.88 bits per heavy atom. The van der Waals surface area contributed by atoms with Crippen molar-refractivity contribution in [1.29, 1.82) is 0 Å². The summed E-state index contributed by atoms with van der Waals surface area (Å²) in [5.41, 5.74) is 0. The summed E-state index contributed by atoms with van der Waals surface area (Å²) in [6.07, 6.45) is 3.39. The van der Waals surface area contributed by atoms with Crippen LogP contribution in [0.25, 0.3) is 0 Å². The van der Waals surface area contributed by atoms with E-state index in [0.717, 1.165) is 19.4 Å². The maximum Gasteiger partial charge on any atom is 0.240 e. The molecular weight excluding hydrogens is 240 g/mol. The van der Waals surface area contributed by atoms with E-state index in [1.165, 1.54) is 5.41 Å². The van der Waals surface area contributed by atoms with Crippen LogP contribution in [0.4, 0.5) is 0 Å². The van der Waals surface area contributed by atoms with E-state index in [1.54, 1.807) is 11.0 Å². The summed E-state index contributed by atoms with van der Waals surface area (Å²) >= 11 is 0. The van der Waals surface area contributed by atoms with Crippen molar-refractivity contribution in [3.8, 4) is 0 Å². The topological polar surface area (TPSA) is 66.5 Å². The maximum absolute atomic E-state index is 12.1. The van der Waals surface area contributed by atoms with Crippen LogP contribution in [0.5, 0.6) is 0 Å². The molecule has 1 saturated heterocycles. The van der Waals surface area contributed by atoms with Gasteiger partial charge >= 0.3 is 0 Å². The molecule has 17 heavy (non-hydrogen) atoms. The predicted molar refractivity (Wildman–Crippen MR) is 65.1 cm³/mol. The van der Waals surface area contributed by atoms with Gasteiger partial charge in [-0.15, -0.1) is 0 Å². The number of likely N-dealkylation sites (tertiary alicyclic amines) is 1. The molecule has 2 atom stereocenters. The fourth-order valence-corrected chi connectivity index (χ4v) is 3.72. The Balaban J connectivity index is 2.07. The number of hydrogen-bond donors (Lipinski definition) is 1. The average molecular weight is 258 g/mol. The van der Waals surface area contributed by atoms with Crippen molar-refractivity contribution in [1.82, 2.24) is 10.2 Å². The molecule has 1 amide bonds. The van der Waals surface area contributed by atoms with Crippen LogP contribution in [0.1, 0.15) is 19.8 Å². The molecule has 2 rings (SSSR count). The van der Waals surface area contributed by atoms with Gasteiger partial charge in [-0.25, -0.2) is 8.42 Å². The molecule has 0 aliphatic carbocycles. The van der Waals surface area contributed by atoms with Crippen LogP contribution in [0, 0.1) is 0 Å². The second-order valence-corrected chi connectivity index (χ2v) is 6.44. The Hall–Kier alpha value is -0.880. The van der Waals surface area contributed by atoms with E-state index in [-0.39, 0.29) is 23.7 Å². The highest BCUT2D eigenvalue weighted by Gasteiger charge is 2.35. The summed E-state index contributed by atoms with van der Waals surface area (Å²) in [5, 5.41) is 4.37. The van der Waals surface area contributed by atoms with Gasteiger partial charge in [0.25, 0.3) is 0 Å². The second kappa shape index (κ2) is 4.78. The Morgan fingerprint density at radius 1 is 1.53 bits per heavy atom. The molecule has 0 spiro atoms. The van der Waals surface area contributed by atoms with Gasteiger partial charge < -0.3 is 10.2 Å². The number of nitrogens with one attached hydrogen (secondary N) is 1. The lowest BCUT2D eigenvalue weighted by molar-refractivity contribution is -0.137. The third-order valence-corrected chi connectivity index (χ3v) is 4.61. The Bertz CT molecular complexity index is 428. The molecule has 0 radical (unpaired) electrons. The molecule has 0 bridgehead atoms. The number of carbonyl (C=O) groups excluding carboxylic acids is 1. The molecule has 1 N–H and O–H groups in total. The summed E-state index contributed by atoms with van der Waals surface area (Å²) < 4.78 is 22.7. The molecule has 2 heterocycles. The zero-order valence-corrected chi connectivity index (χ0v) is 10.7. The number of piperidine rings is 1. The van der Waals surface area contributed by atoms with Crippen molar-refractivity contribution in [2.24, 2.45) is 0 Å². The van der Waals surface area contributed by atoms with E-state index in [9.17, 15) is 13.2 Å². The monoisotopic (exact) mass is 258 g/mol. The molecule has 0 aromatic rings. The van der Waals surface area contributed by atoms with Crippen LogP contribution in [0.15, 0.2) is 11.5 Å². The van der Waals surface area contributed by atoms with Gasteiger partial charge in [-0.05, 0) is 25.5 Å². The van der Waals surface area contributed by atoms with Gasteiger partial charge in [0.1, 0.15) is 0 Å². The normalized spacial score (nSPS) is 32.1. The highest BCUT2D eigenvalue weighted by atomic mass is 32.2. The Kier molecular flexibility index (Phi) is 3.53. The van der Waals surface area contributed by atoms with Crippen molar-refractivity contribution in [3.63, 3.8) is 0 Å². The molecule has 96 valence electrons. The van der Waals surface area contributed by atoms with Gasteiger partial charge in [0.15, 0.2) is 9.84 Å². The molecule has 5 nitrogen and oxygen atoms in total. The van der Waals surface area contributed by atoms with Crippen molar-refractivity contribution in [2.45, 2.75) is 31.8 Å². The molecule has 6 heteroatoms. The van der Waals surface area contributed by atoms with Gasteiger partial charge in [0, 0.05) is 12.0 Å². The minimum Gasteiger partial charge on any atom is -0.334 e. The van der Waals surface area contributed by atoms with Gasteiger partial charge in [-0.2, -0.15) is 0 Å². The maximum atomic E-state index is 12.1. The lowest BCUT2D eigenvalue weighted by atomic mass is 10.0. The highest BCUT2D eigenvalue weighted by Crippen LogP contribution is 2.20.